The summed E-state index contributed by atoms with van der Waals surface area (Å²) in [6, 6.07) is 8.54. The zero-order chi connectivity index (χ0) is 13.2. The highest BCUT2D eigenvalue weighted by atomic mass is 35.5. The highest BCUT2D eigenvalue weighted by molar-refractivity contribution is 6.30. The number of nitrogens with one attached hydrogen (secondary N) is 1. The summed E-state index contributed by atoms with van der Waals surface area (Å²) in [6.45, 7) is 0. The van der Waals surface area contributed by atoms with E-state index in [-0.39, 0.29) is 5.91 Å². The molecular formula is C16H20ClNO. The SMILES string of the molecule is O=C(NC1CCCC1)C(Cl)c1cccc(C2CC2)c1. The van der Waals surface area contributed by atoms with Crippen molar-refractivity contribution in [1.29, 1.82) is 0 Å². The molecule has 0 saturated heterocycles. The van der Waals surface area contributed by atoms with Crippen LogP contribution in [-0.2, 0) is 4.79 Å². The van der Waals surface area contributed by atoms with E-state index in [1.54, 1.807) is 0 Å². The first-order chi connectivity index (χ1) is 9.24. The number of benzene rings is 1. The standard InChI is InChI=1S/C16H20ClNO/c17-15(16(19)18-14-6-1-2-7-14)13-5-3-4-12(10-13)11-8-9-11/h3-5,10-11,14-15H,1-2,6-9H2,(H,18,19). The van der Waals surface area contributed by atoms with Crippen LogP contribution < -0.4 is 5.32 Å². The van der Waals surface area contributed by atoms with Crippen molar-refractivity contribution in [2.75, 3.05) is 0 Å². The third kappa shape index (κ3) is 3.11. The molecule has 0 bridgehead atoms. The van der Waals surface area contributed by atoms with Crippen LogP contribution in [0.25, 0.3) is 0 Å². The van der Waals surface area contributed by atoms with E-state index in [0.29, 0.717) is 12.0 Å². The fraction of sp³-hybridized carbons (Fsp3) is 0.562. The predicted octanol–water partition coefficient (Wildman–Crippen LogP) is 3.90. The topological polar surface area (TPSA) is 29.1 Å². The van der Waals surface area contributed by atoms with Crippen molar-refractivity contribution < 1.29 is 4.79 Å². The molecule has 2 nitrogen and oxygen atoms in total. The van der Waals surface area contributed by atoms with Gasteiger partial charge in [0.15, 0.2) is 0 Å². The van der Waals surface area contributed by atoms with Gasteiger partial charge in [0.25, 0.3) is 0 Å². The molecule has 0 heterocycles. The second-order valence-corrected chi connectivity index (χ2v) is 6.23. The summed E-state index contributed by atoms with van der Waals surface area (Å²) in [5.74, 6) is 0.656. The van der Waals surface area contributed by atoms with E-state index in [4.69, 9.17) is 11.6 Å². The Morgan fingerprint density at radius 1 is 1.21 bits per heavy atom. The molecular weight excluding hydrogens is 258 g/mol. The van der Waals surface area contributed by atoms with Crippen molar-refractivity contribution in [3.8, 4) is 0 Å². The van der Waals surface area contributed by atoms with Gasteiger partial charge in [-0.1, -0.05) is 37.1 Å². The van der Waals surface area contributed by atoms with E-state index in [0.717, 1.165) is 18.4 Å². The summed E-state index contributed by atoms with van der Waals surface area (Å²) in [5, 5.41) is 2.51. The lowest BCUT2D eigenvalue weighted by Crippen LogP contribution is -2.34. The number of carbonyl (C=O) groups excluding carboxylic acids is 1. The lowest BCUT2D eigenvalue weighted by atomic mass is 10.0. The van der Waals surface area contributed by atoms with Gasteiger partial charge in [0.2, 0.25) is 5.91 Å². The van der Waals surface area contributed by atoms with Crippen LogP contribution in [0.3, 0.4) is 0 Å². The van der Waals surface area contributed by atoms with E-state index in [1.165, 1.54) is 31.2 Å². The van der Waals surface area contributed by atoms with Crippen molar-refractivity contribution in [2.24, 2.45) is 0 Å². The molecule has 2 aliphatic rings. The van der Waals surface area contributed by atoms with E-state index >= 15 is 0 Å². The maximum Gasteiger partial charge on any atom is 0.242 e. The number of alkyl halides is 1. The Bertz CT molecular complexity index is 464. The number of hydrogen-bond donors (Lipinski definition) is 1. The Hall–Kier alpha value is -1.02. The largest absolute Gasteiger partial charge is 0.352 e. The minimum atomic E-state index is -0.556. The van der Waals surface area contributed by atoms with Crippen molar-refractivity contribution in [3.05, 3.63) is 35.4 Å². The first-order valence-electron chi connectivity index (χ1n) is 7.28. The highest BCUT2D eigenvalue weighted by Gasteiger charge is 2.26. The molecule has 1 N–H and O–H groups in total. The van der Waals surface area contributed by atoms with Crippen molar-refractivity contribution in [3.63, 3.8) is 0 Å². The summed E-state index contributed by atoms with van der Waals surface area (Å²) in [5.41, 5.74) is 2.26. The maximum absolute atomic E-state index is 12.2. The number of rotatable bonds is 4. The van der Waals surface area contributed by atoms with Crippen molar-refractivity contribution in [1.82, 2.24) is 5.32 Å². The Morgan fingerprint density at radius 3 is 2.63 bits per heavy atom. The Labute approximate surface area is 119 Å². The molecule has 2 aliphatic carbocycles. The first-order valence-corrected chi connectivity index (χ1v) is 7.72. The fourth-order valence-electron chi connectivity index (χ4n) is 2.88. The smallest absolute Gasteiger partial charge is 0.242 e. The Morgan fingerprint density at radius 2 is 1.95 bits per heavy atom. The molecule has 1 amide bonds. The monoisotopic (exact) mass is 277 g/mol. The van der Waals surface area contributed by atoms with Crippen LogP contribution in [0.5, 0.6) is 0 Å². The van der Waals surface area contributed by atoms with E-state index in [2.05, 4.69) is 17.4 Å². The van der Waals surface area contributed by atoms with E-state index in [1.807, 2.05) is 12.1 Å². The van der Waals surface area contributed by atoms with Crippen LogP contribution in [0.1, 0.15) is 60.9 Å². The van der Waals surface area contributed by atoms with Gasteiger partial charge in [-0.15, -0.1) is 11.6 Å². The zero-order valence-electron chi connectivity index (χ0n) is 11.1. The summed E-state index contributed by atoms with van der Waals surface area (Å²) >= 11 is 6.32. The second kappa shape index (κ2) is 5.54. The van der Waals surface area contributed by atoms with Gasteiger partial charge in [-0.05, 0) is 42.7 Å². The van der Waals surface area contributed by atoms with Gasteiger partial charge < -0.3 is 5.32 Å². The van der Waals surface area contributed by atoms with Gasteiger partial charge in [0.05, 0.1) is 0 Å². The lowest BCUT2D eigenvalue weighted by Gasteiger charge is -2.16. The summed E-state index contributed by atoms with van der Waals surface area (Å²) in [6.07, 6.45) is 7.16. The summed E-state index contributed by atoms with van der Waals surface area (Å²) < 4.78 is 0. The van der Waals surface area contributed by atoms with Crippen LogP contribution >= 0.6 is 11.6 Å². The third-order valence-electron chi connectivity index (χ3n) is 4.18. The molecule has 102 valence electrons. The molecule has 19 heavy (non-hydrogen) atoms. The van der Waals surface area contributed by atoms with Crippen molar-refractivity contribution in [2.45, 2.75) is 55.9 Å². The van der Waals surface area contributed by atoms with Gasteiger partial charge in [-0.3, -0.25) is 4.79 Å². The van der Waals surface area contributed by atoms with Crippen LogP contribution in [-0.4, -0.2) is 11.9 Å². The van der Waals surface area contributed by atoms with Gasteiger partial charge in [-0.25, -0.2) is 0 Å². The van der Waals surface area contributed by atoms with Gasteiger partial charge in [-0.2, -0.15) is 0 Å². The zero-order valence-corrected chi connectivity index (χ0v) is 11.8. The second-order valence-electron chi connectivity index (χ2n) is 5.80. The van der Waals surface area contributed by atoms with Gasteiger partial charge in [0.1, 0.15) is 5.38 Å². The predicted molar refractivity (Wildman–Crippen MR) is 77.4 cm³/mol. The average Bonchev–Trinajstić information content (AvgIpc) is 3.17. The van der Waals surface area contributed by atoms with Crippen LogP contribution in [0.2, 0.25) is 0 Å². The van der Waals surface area contributed by atoms with Crippen LogP contribution in [0.4, 0.5) is 0 Å². The van der Waals surface area contributed by atoms with E-state index in [9.17, 15) is 4.79 Å². The van der Waals surface area contributed by atoms with Gasteiger partial charge in [0, 0.05) is 6.04 Å². The molecule has 1 atom stereocenters. The molecule has 1 unspecified atom stereocenters. The minimum absolute atomic E-state index is 0.0403. The van der Waals surface area contributed by atoms with Gasteiger partial charge >= 0.3 is 0 Å². The molecule has 0 spiro atoms. The molecule has 2 saturated carbocycles. The van der Waals surface area contributed by atoms with E-state index < -0.39 is 5.38 Å². The van der Waals surface area contributed by atoms with Crippen LogP contribution in [0, 0.1) is 0 Å². The third-order valence-corrected chi connectivity index (χ3v) is 4.63. The summed E-state index contributed by atoms with van der Waals surface area (Å²) in [4.78, 5) is 12.2. The average molecular weight is 278 g/mol. The molecule has 2 fully saturated rings. The Kier molecular flexibility index (Phi) is 3.79. The van der Waals surface area contributed by atoms with Crippen LogP contribution in [0.15, 0.2) is 24.3 Å². The lowest BCUT2D eigenvalue weighted by molar-refractivity contribution is -0.121. The molecule has 1 aromatic rings. The number of amides is 1. The molecule has 0 radical (unpaired) electrons. The maximum atomic E-state index is 12.2. The molecule has 0 aromatic heterocycles. The number of halogens is 1. The number of hydrogen-bond acceptors (Lipinski definition) is 1. The van der Waals surface area contributed by atoms with Crippen molar-refractivity contribution >= 4 is 17.5 Å². The molecule has 0 aliphatic heterocycles. The first kappa shape index (κ1) is 13.0. The molecule has 1 aromatic carbocycles. The molecule has 3 rings (SSSR count). The Balaban J connectivity index is 1.66. The minimum Gasteiger partial charge on any atom is -0.352 e. The number of carbonyl (C=O) groups is 1. The normalized spacial score (nSPS) is 21.3. The highest BCUT2D eigenvalue weighted by Crippen LogP contribution is 2.41. The quantitative estimate of drug-likeness (QED) is 0.831. The summed E-state index contributed by atoms with van der Waals surface area (Å²) in [7, 11) is 0. The fourth-order valence-corrected chi connectivity index (χ4v) is 3.08. The molecule has 3 heteroatoms.